The molecule has 3 heterocycles. The van der Waals surface area contributed by atoms with Crippen LogP contribution in [0.2, 0.25) is 0 Å². The van der Waals surface area contributed by atoms with Crippen molar-refractivity contribution in [2.45, 2.75) is 57.7 Å². The molecule has 1 aliphatic carbocycles. The molecule has 0 bridgehead atoms. The quantitative estimate of drug-likeness (QED) is 0.857. The third-order valence-electron chi connectivity index (χ3n) is 5.99. The van der Waals surface area contributed by atoms with E-state index in [9.17, 15) is 13.2 Å². The number of hydrogen-bond donors (Lipinski definition) is 1. The predicted octanol–water partition coefficient (Wildman–Crippen LogP) is 3.84. The minimum Gasteiger partial charge on any atom is -0.369 e. The third-order valence-corrected chi connectivity index (χ3v) is 5.99. The van der Waals surface area contributed by atoms with Crippen molar-refractivity contribution >= 4 is 5.65 Å². The van der Waals surface area contributed by atoms with Gasteiger partial charge in [0.15, 0.2) is 5.65 Å². The van der Waals surface area contributed by atoms with E-state index in [1.54, 1.807) is 0 Å². The molecule has 148 valence electrons. The molecule has 1 saturated carbocycles. The zero-order valence-electron chi connectivity index (χ0n) is 15.6. The summed E-state index contributed by atoms with van der Waals surface area (Å²) >= 11 is 0. The van der Waals surface area contributed by atoms with Crippen LogP contribution in [0.4, 0.5) is 13.2 Å². The molecule has 1 saturated heterocycles. The lowest BCUT2D eigenvalue weighted by atomic mass is 9.80. The van der Waals surface area contributed by atoms with Crippen LogP contribution < -0.4 is 5.32 Å². The van der Waals surface area contributed by atoms with E-state index in [4.69, 9.17) is 9.84 Å². The first kappa shape index (κ1) is 18.7. The van der Waals surface area contributed by atoms with E-state index in [0.717, 1.165) is 34.8 Å². The van der Waals surface area contributed by atoms with Gasteiger partial charge in [-0.15, -0.1) is 0 Å². The van der Waals surface area contributed by atoms with Gasteiger partial charge in [-0.05, 0) is 45.1 Å². The molecule has 1 atom stereocenters. The van der Waals surface area contributed by atoms with Crippen LogP contribution >= 0.6 is 0 Å². The number of rotatable bonds is 2. The highest BCUT2D eigenvalue weighted by Gasteiger charge is 2.42. The van der Waals surface area contributed by atoms with Gasteiger partial charge in [-0.25, -0.2) is 9.50 Å². The van der Waals surface area contributed by atoms with E-state index < -0.39 is 12.1 Å². The topological polar surface area (TPSA) is 51.5 Å². The van der Waals surface area contributed by atoms with Gasteiger partial charge in [0.1, 0.15) is 6.10 Å². The smallest absolute Gasteiger partial charge is 0.369 e. The van der Waals surface area contributed by atoms with Gasteiger partial charge in [-0.1, -0.05) is 0 Å². The number of nitrogens with one attached hydrogen (secondary N) is 1. The highest BCUT2D eigenvalue weighted by atomic mass is 19.4. The van der Waals surface area contributed by atoms with Gasteiger partial charge in [-0.2, -0.15) is 18.3 Å². The number of halogens is 3. The number of aromatic nitrogens is 3. The summed E-state index contributed by atoms with van der Waals surface area (Å²) in [5, 5.41) is 8.11. The third kappa shape index (κ3) is 3.57. The van der Waals surface area contributed by atoms with Crippen LogP contribution in [0.15, 0.2) is 6.07 Å². The maximum atomic E-state index is 12.9. The van der Waals surface area contributed by atoms with Gasteiger partial charge in [0, 0.05) is 30.8 Å². The Bertz CT molecular complexity index is 818. The van der Waals surface area contributed by atoms with Crippen LogP contribution in [0.5, 0.6) is 0 Å². The largest absolute Gasteiger partial charge is 0.391 e. The minimum atomic E-state index is -4.09. The van der Waals surface area contributed by atoms with Crippen molar-refractivity contribution in [3.8, 4) is 0 Å². The Hall–Kier alpha value is -1.67. The summed E-state index contributed by atoms with van der Waals surface area (Å²) in [6.07, 6.45) is -2.80. The van der Waals surface area contributed by atoms with E-state index in [1.807, 2.05) is 24.4 Å². The number of alkyl halides is 3. The lowest BCUT2D eigenvalue weighted by Gasteiger charge is -2.28. The second kappa shape index (κ2) is 7.05. The number of morpholine rings is 1. The molecular weight excluding hydrogens is 357 g/mol. The molecule has 2 aromatic rings. The summed E-state index contributed by atoms with van der Waals surface area (Å²) in [7, 11) is 0. The fourth-order valence-electron chi connectivity index (χ4n) is 4.28. The van der Waals surface area contributed by atoms with Crippen molar-refractivity contribution in [3.63, 3.8) is 0 Å². The molecular formula is C19H25F3N4O. The number of ether oxygens (including phenoxy) is 1. The lowest BCUT2D eigenvalue weighted by molar-refractivity contribution is -0.182. The standard InChI is InChI=1S/C19H25F3N4O/c1-11-12(2)24-17-9-15(13-3-5-14(6-4-13)19(20,21)22)25-26(17)18(11)16-10-23-7-8-27-16/h9,13-14,16,23H,3-8,10H2,1-2H3. The Labute approximate surface area is 156 Å². The Morgan fingerprint density at radius 2 is 1.93 bits per heavy atom. The summed E-state index contributed by atoms with van der Waals surface area (Å²) in [4.78, 5) is 4.64. The second-order valence-corrected chi connectivity index (χ2v) is 7.70. The summed E-state index contributed by atoms with van der Waals surface area (Å²) in [5.41, 5.74) is 4.55. The SMILES string of the molecule is Cc1nc2cc(C3CCC(C(F)(F)F)CC3)nn2c(C2CNCCO2)c1C. The van der Waals surface area contributed by atoms with Crippen molar-refractivity contribution in [1.29, 1.82) is 0 Å². The Kier molecular flexibility index (Phi) is 4.88. The van der Waals surface area contributed by atoms with E-state index in [1.165, 1.54) is 0 Å². The molecule has 0 radical (unpaired) electrons. The van der Waals surface area contributed by atoms with Gasteiger partial charge < -0.3 is 10.1 Å². The first-order chi connectivity index (χ1) is 12.8. The first-order valence-electron chi connectivity index (χ1n) is 9.60. The summed E-state index contributed by atoms with van der Waals surface area (Å²) in [6, 6.07) is 1.94. The van der Waals surface area contributed by atoms with Crippen molar-refractivity contribution in [3.05, 3.63) is 28.7 Å². The molecule has 2 aromatic heterocycles. The fraction of sp³-hybridized carbons (Fsp3) is 0.684. The molecule has 1 aliphatic heterocycles. The highest BCUT2D eigenvalue weighted by Crippen LogP contribution is 2.42. The first-order valence-corrected chi connectivity index (χ1v) is 9.60. The normalized spacial score (nSPS) is 27.2. The van der Waals surface area contributed by atoms with Crippen LogP contribution in [0, 0.1) is 19.8 Å². The number of hydrogen-bond acceptors (Lipinski definition) is 4. The van der Waals surface area contributed by atoms with E-state index in [0.29, 0.717) is 26.0 Å². The molecule has 0 spiro atoms. The Morgan fingerprint density at radius 1 is 1.19 bits per heavy atom. The number of aryl methyl sites for hydroxylation is 1. The molecule has 5 nitrogen and oxygen atoms in total. The maximum absolute atomic E-state index is 12.9. The molecule has 1 unspecified atom stereocenters. The summed E-state index contributed by atoms with van der Waals surface area (Å²) in [5.74, 6) is -1.12. The number of fused-ring (bicyclic) bond motifs is 1. The van der Waals surface area contributed by atoms with Gasteiger partial charge in [-0.3, -0.25) is 0 Å². The average molecular weight is 382 g/mol. The predicted molar refractivity (Wildman–Crippen MR) is 94.8 cm³/mol. The molecule has 8 heteroatoms. The molecule has 2 fully saturated rings. The van der Waals surface area contributed by atoms with Crippen molar-refractivity contribution in [2.75, 3.05) is 19.7 Å². The van der Waals surface area contributed by atoms with Crippen LogP contribution in [-0.4, -0.2) is 40.5 Å². The Balaban J connectivity index is 1.64. The van der Waals surface area contributed by atoms with Crippen LogP contribution in [0.1, 0.15) is 60.4 Å². The molecule has 2 aliphatic rings. The molecule has 1 N–H and O–H groups in total. The van der Waals surface area contributed by atoms with Gasteiger partial charge in [0.2, 0.25) is 0 Å². The lowest BCUT2D eigenvalue weighted by Crippen LogP contribution is -2.35. The van der Waals surface area contributed by atoms with Crippen molar-refractivity contribution in [1.82, 2.24) is 19.9 Å². The molecule has 27 heavy (non-hydrogen) atoms. The van der Waals surface area contributed by atoms with Crippen molar-refractivity contribution in [2.24, 2.45) is 5.92 Å². The van der Waals surface area contributed by atoms with Gasteiger partial charge in [0.25, 0.3) is 0 Å². The van der Waals surface area contributed by atoms with Crippen molar-refractivity contribution < 1.29 is 17.9 Å². The van der Waals surface area contributed by atoms with Crippen LogP contribution in [-0.2, 0) is 4.74 Å². The fourth-order valence-corrected chi connectivity index (χ4v) is 4.28. The zero-order chi connectivity index (χ0) is 19.2. The average Bonchev–Trinajstić information content (AvgIpc) is 3.06. The molecule has 0 aromatic carbocycles. The second-order valence-electron chi connectivity index (χ2n) is 7.70. The van der Waals surface area contributed by atoms with E-state index in [2.05, 4.69) is 10.3 Å². The zero-order valence-corrected chi connectivity index (χ0v) is 15.6. The molecule has 4 rings (SSSR count). The van der Waals surface area contributed by atoms with E-state index >= 15 is 0 Å². The van der Waals surface area contributed by atoms with Crippen LogP contribution in [0.25, 0.3) is 5.65 Å². The maximum Gasteiger partial charge on any atom is 0.391 e. The summed E-state index contributed by atoms with van der Waals surface area (Å²) in [6.45, 7) is 6.17. The number of nitrogens with zero attached hydrogens (tertiary/aromatic N) is 3. The highest BCUT2D eigenvalue weighted by molar-refractivity contribution is 5.46. The van der Waals surface area contributed by atoms with Gasteiger partial charge in [0.05, 0.1) is 23.9 Å². The molecule has 0 amide bonds. The van der Waals surface area contributed by atoms with Crippen LogP contribution in [0.3, 0.4) is 0 Å². The van der Waals surface area contributed by atoms with E-state index in [-0.39, 0.29) is 24.9 Å². The monoisotopic (exact) mass is 382 g/mol. The Morgan fingerprint density at radius 3 is 2.56 bits per heavy atom. The summed E-state index contributed by atoms with van der Waals surface area (Å²) < 4.78 is 46.6. The minimum absolute atomic E-state index is 0.0594. The van der Waals surface area contributed by atoms with Gasteiger partial charge >= 0.3 is 6.18 Å².